The first kappa shape index (κ1) is 9.61. The van der Waals surface area contributed by atoms with Crippen LogP contribution < -0.4 is 5.73 Å². The zero-order valence-corrected chi connectivity index (χ0v) is 8.10. The standard InChI is InChI=1S/C11H11N3O/c12-5-10-4-9(7-14-10)11(15)8-2-1-3-13-6-8/h1-4,6-7,14H,5,12H2. The van der Waals surface area contributed by atoms with E-state index in [2.05, 4.69) is 9.97 Å². The van der Waals surface area contributed by atoms with Crippen molar-refractivity contribution in [1.82, 2.24) is 9.97 Å². The van der Waals surface area contributed by atoms with Crippen molar-refractivity contribution < 1.29 is 4.79 Å². The third-order valence-corrected chi connectivity index (χ3v) is 2.15. The number of hydrogen-bond acceptors (Lipinski definition) is 3. The lowest BCUT2D eigenvalue weighted by Gasteiger charge is -1.95. The molecule has 0 aliphatic heterocycles. The van der Waals surface area contributed by atoms with E-state index in [1.165, 1.54) is 0 Å². The quantitative estimate of drug-likeness (QED) is 0.730. The summed E-state index contributed by atoms with van der Waals surface area (Å²) in [5, 5.41) is 0. The number of ketones is 1. The van der Waals surface area contributed by atoms with Crippen LogP contribution in [-0.4, -0.2) is 15.8 Å². The second kappa shape index (κ2) is 4.06. The minimum Gasteiger partial charge on any atom is -0.363 e. The molecule has 0 aliphatic rings. The Bertz CT molecular complexity index is 462. The molecule has 4 nitrogen and oxygen atoms in total. The molecule has 2 rings (SSSR count). The van der Waals surface area contributed by atoms with Gasteiger partial charge in [-0.05, 0) is 18.2 Å². The fraction of sp³-hybridized carbons (Fsp3) is 0.0909. The van der Waals surface area contributed by atoms with Gasteiger partial charge in [-0.25, -0.2) is 0 Å². The molecule has 0 aliphatic carbocycles. The highest BCUT2D eigenvalue weighted by Gasteiger charge is 2.10. The molecule has 3 N–H and O–H groups in total. The zero-order chi connectivity index (χ0) is 10.7. The Morgan fingerprint density at radius 3 is 2.93 bits per heavy atom. The van der Waals surface area contributed by atoms with E-state index >= 15 is 0 Å². The summed E-state index contributed by atoms with van der Waals surface area (Å²) in [6.45, 7) is 0.403. The fourth-order valence-corrected chi connectivity index (χ4v) is 1.35. The third kappa shape index (κ3) is 1.94. The monoisotopic (exact) mass is 201 g/mol. The molecule has 0 aromatic carbocycles. The number of aromatic amines is 1. The van der Waals surface area contributed by atoms with Gasteiger partial charge >= 0.3 is 0 Å². The van der Waals surface area contributed by atoms with Crippen LogP contribution >= 0.6 is 0 Å². The second-order valence-corrected chi connectivity index (χ2v) is 3.19. The van der Waals surface area contributed by atoms with Crippen molar-refractivity contribution in [2.24, 2.45) is 5.73 Å². The average Bonchev–Trinajstić information content (AvgIpc) is 2.78. The molecule has 0 saturated carbocycles. The lowest BCUT2D eigenvalue weighted by molar-refractivity contribution is 0.103. The number of aromatic nitrogens is 2. The summed E-state index contributed by atoms with van der Waals surface area (Å²) < 4.78 is 0. The predicted octanol–water partition coefficient (Wildman–Crippen LogP) is 1.10. The number of carbonyl (C=O) groups is 1. The van der Waals surface area contributed by atoms with E-state index in [0.717, 1.165) is 5.69 Å². The molecule has 0 fully saturated rings. The van der Waals surface area contributed by atoms with Crippen LogP contribution in [0.1, 0.15) is 21.6 Å². The van der Waals surface area contributed by atoms with Crippen LogP contribution in [0.3, 0.4) is 0 Å². The van der Waals surface area contributed by atoms with Crippen LogP contribution in [0, 0.1) is 0 Å². The first-order valence-corrected chi connectivity index (χ1v) is 4.63. The Labute approximate surface area is 87.1 Å². The van der Waals surface area contributed by atoms with Gasteiger partial charge in [0.05, 0.1) is 0 Å². The van der Waals surface area contributed by atoms with E-state index in [0.29, 0.717) is 17.7 Å². The highest BCUT2D eigenvalue weighted by Crippen LogP contribution is 2.09. The molecule has 2 aromatic heterocycles. The molecular weight excluding hydrogens is 190 g/mol. The summed E-state index contributed by atoms with van der Waals surface area (Å²) in [6, 6.07) is 5.24. The minimum absolute atomic E-state index is 0.0425. The number of rotatable bonds is 3. The molecular formula is C11H11N3O. The Morgan fingerprint density at radius 1 is 1.47 bits per heavy atom. The van der Waals surface area contributed by atoms with Crippen molar-refractivity contribution in [2.75, 3.05) is 0 Å². The minimum atomic E-state index is -0.0425. The summed E-state index contributed by atoms with van der Waals surface area (Å²) in [5.41, 5.74) is 7.49. The Morgan fingerprint density at radius 2 is 2.33 bits per heavy atom. The molecule has 0 unspecified atom stereocenters. The molecule has 0 amide bonds. The van der Waals surface area contributed by atoms with E-state index in [1.54, 1.807) is 36.8 Å². The zero-order valence-electron chi connectivity index (χ0n) is 8.10. The predicted molar refractivity (Wildman–Crippen MR) is 56.4 cm³/mol. The molecule has 0 radical (unpaired) electrons. The number of H-pyrrole nitrogens is 1. The van der Waals surface area contributed by atoms with Crippen LogP contribution in [0.25, 0.3) is 0 Å². The van der Waals surface area contributed by atoms with Crippen LogP contribution in [0.4, 0.5) is 0 Å². The molecule has 0 bridgehead atoms. The summed E-state index contributed by atoms with van der Waals surface area (Å²) in [4.78, 5) is 18.7. The molecule has 2 heterocycles. The molecule has 0 atom stereocenters. The van der Waals surface area contributed by atoms with Crippen LogP contribution in [0.5, 0.6) is 0 Å². The fourth-order valence-electron chi connectivity index (χ4n) is 1.35. The van der Waals surface area contributed by atoms with E-state index in [4.69, 9.17) is 5.73 Å². The van der Waals surface area contributed by atoms with Crippen molar-refractivity contribution in [2.45, 2.75) is 6.54 Å². The van der Waals surface area contributed by atoms with E-state index in [1.807, 2.05) is 0 Å². The van der Waals surface area contributed by atoms with E-state index in [-0.39, 0.29) is 5.78 Å². The van der Waals surface area contributed by atoms with Crippen LogP contribution in [0.2, 0.25) is 0 Å². The summed E-state index contributed by atoms with van der Waals surface area (Å²) in [6.07, 6.45) is 4.86. The summed E-state index contributed by atoms with van der Waals surface area (Å²) in [7, 11) is 0. The number of carbonyl (C=O) groups excluding carboxylic acids is 1. The lowest BCUT2D eigenvalue weighted by Crippen LogP contribution is -2.00. The number of hydrogen-bond donors (Lipinski definition) is 2. The molecule has 2 aromatic rings. The van der Waals surface area contributed by atoms with E-state index < -0.39 is 0 Å². The van der Waals surface area contributed by atoms with Gasteiger partial charge in [0.1, 0.15) is 0 Å². The van der Waals surface area contributed by atoms with Crippen LogP contribution in [0.15, 0.2) is 36.8 Å². The van der Waals surface area contributed by atoms with Gasteiger partial charge in [-0.2, -0.15) is 0 Å². The van der Waals surface area contributed by atoms with Gasteiger partial charge in [-0.1, -0.05) is 0 Å². The summed E-state index contributed by atoms with van der Waals surface area (Å²) in [5.74, 6) is -0.0425. The Hall–Kier alpha value is -1.94. The largest absolute Gasteiger partial charge is 0.363 e. The van der Waals surface area contributed by atoms with Gasteiger partial charge in [-0.3, -0.25) is 9.78 Å². The van der Waals surface area contributed by atoms with Crippen LogP contribution in [-0.2, 0) is 6.54 Å². The molecule has 0 saturated heterocycles. The highest BCUT2D eigenvalue weighted by atomic mass is 16.1. The number of nitrogens with zero attached hydrogens (tertiary/aromatic N) is 1. The first-order chi connectivity index (χ1) is 7.31. The maximum absolute atomic E-state index is 11.9. The van der Waals surface area contributed by atoms with Crippen molar-refractivity contribution >= 4 is 5.78 Å². The Kier molecular flexibility index (Phi) is 2.60. The lowest BCUT2D eigenvalue weighted by atomic mass is 10.1. The van der Waals surface area contributed by atoms with Gasteiger partial charge in [0.2, 0.25) is 0 Å². The van der Waals surface area contributed by atoms with Gasteiger partial charge in [0.25, 0.3) is 0 Å². The molecule has 15 heavy (non-hydrogen) atoms. The van der Waals surface area contributed by atoms with Crippen molar-refractivity contribution in [1.29, 1.82) is 0 Å². The highest BCUT2D eigenvalue weighted by molar-refractivity contribution is 6.08. The van der Waals surface area contributed by atoms with E-state index in [9.17, 15) is 4.79 Å². The normalized spacial score (nSPS) is 10.2. The average molecular weight is 201 g/mol. The van der Waals surface area contributed by atoms with Gasteiger partial charge in [-0.15, -0.1) is 0 Å². The molecule has 4 heteroatoms. The number of nitrogens with one attached hydrogen (secondary N) is 1. The maximum atomic E-state index is 11.9. The number of nitrogens with two attached hydrogens (primary N) is 1. The molecule has 0 spiro atoms. The Balaban J connectivity index is 2.29. The first-order valence-electron chi connectivity index (χ1n) is 4.63. The van der Waals surface area contributed by atoms with Gasteiger partial charge in [0.15, 0.2) is 5.78 Å². The third-order valence-electron chi connectivity index (χ3n) is 2.15. The van der Waals surface area contributed by atoms with Crippen molar-refractivity contribution in [3.05, 3.63) is 53.6 Å². The second-order valence-electron chi connectivity index (χ2n) is 3.19. The van der Waals surface area contributed by atoms with Crippen molar-refractivity contribution in [3.8, 4) is 0 Å². The topological polar surface area (TPSA) is 71.8 Å². The SMILES string of the molecule is NCc1cc(C(=O)c2cccnc2)c[nH]1. The van der Waals surface area contributed by atoms with Crippen molar-refractivity contribution in [3.63, 3.8) is 0 Å². The molecule has 76 valence electrons. The number of pyridine rings is 1. The smallest absolute Gasteiger partial charge is 0.196 e. The summed E-state index contributed by atoms with van der Waals surface area (Å²) >= 11 is 0. The van der Waals surface area contributed by atoms with Gasteiger partial charge in [0, 0.05) is 42.0 Å². The van der Waals surface area contributed by atoms with Gasteiger partial charge < -0.3 is 10.7 Å². The maximum Gasteiger partial charge on any atom is 0.196 e.